The first-order valence-corrected chi connectivity index (χ1v) is 10.9. The largest absolute Gasteiger partial charge is 0.490 e. The van der Waals surface area contributed by atoms with Gasteiger partial charge in [-0.1, -0.05) is 24.3 Å². The van der Waals surface area contributed by atoms with Crippen LogP contribution < -0.4 is 10.1 Å². The van der Waals surface area contributed by atoms with Crippen LogP contribution in [-0.4, -0.2) is 58.5 Å². The van der Waals surface area contributed by atoms with E-state index in [0.717, 1.165) is 12.2 Å². The summed E-state index contributed by atoms with van der Waals surface area (Å²) in [4.78, 5) is 13.4. The molecule has 1 amide bonds. The van der Waals surface area contributed by atoms with Crippen molar-refractivity contribution in [3.63, 3.8) is 0 Å². The molecule has 3 aliphatic rings. The van der Waals surface area contributed by atoms with Crippen LogP contribution in [0.5, 0.6) is 5.75 Å². The van der Waals surface area contributed by atoms with E-state index in [1.54, 1.807) is 6.07 Å². The van der Waals surface area contributed by atoms with E-state index in [2.05, 4.69) is 5.32 Å². The third kappa shape index (κ3) is 3.98. The molecule has 0 radical (unpaired) electrons. The highest BCUT2D eigenvalue weighted by molar-refractivity contribution is 5.97. The second-order valence-electron chi connectivity index (χ2n) is 9.20. The number of halogens is 2. The molecule has 6 nitrogen and oxygen atoms in total. The second kappa shape index (κ2) is 8.10. The molecule has 3 N–H and O–H groups in total. The Balaban J connectivity index is 1.22. The summed E-state index contributed by atoms with van der Waals surface area (Å²) >= 11 is 0. The van der Waals surface area contributed by atoms with E-state index in [-0.39, 0.29) is 30.7 Å². The lowest BCUT2D eigenvalue weighted by molar-refractivity contribution is -0.121. The summed E-state index contributed by atoms with van der Waals surface area (Å²) in [5.41, 5.74) is -0.233. The lowest BCUT2D eigenvalue weighted by Gasteiger charge is -2.26. The Bertz CT molecular complexity index is 1020. The molecule has 2 aromatic rings. The molecule has 170 valence electrons. The predicted molar refractivity (Wildman–Crippen MR) is 114 cm³/mol. The summed E-state index contributed by atoms with van der Waals surface area (Å²) in [7, 11) is 0. The smallest absolute Gasteiger partial charge is 0.259 e. The molecular weight excluding hydrogens is 418 g/mol. The van der Waals surface area contributed by atoms with Gasteiger partial charge < -0.3 is 20.3 Å². The fourth-order valence-corrected chi connectivity index (χ4v) is 5.32. The summed E-state index contributed by atoms with van der Waals surface area (Å²) in [6.45, 7) is 1.24. The van der Waals surface area contributed by atoms with Gasteiger partial charge in [-0.15, -0.1) is 0 Å². The number of hydrogen-bond acceptors (Lipinski definition) is 5. The standard InChI is InChI=1S/C24H26F2N2O4/c25-19-7-14(6-15-8-20(26)23(30)27-22(15)19)21(29)12-28-11-16-9-18(10-24(16,31)13-28)32-17-4-2-1-3-5-17/h1-7,16,18,20-21,29,31H,8-13H2,(H,27,30)/t16-,18+,20?,21-,24-/m1/s1. The SMILES string of the molecule is O=C1Nc2c(F)cc([C@H](O)CN3C[C@H]4C[C@H](Oc5ccccc5)C[C@@]4(O)C3)cc2CC1F. The van der Waals surface area contributed by atoms with Crippen LogP contribution in [0.3, 0.4) is 0 Å². The van der Waals surface area contributed by atoms with Crippen molar-refractivity contribution in [2.75, 3.05) is 25.0 Å². The van der Waals surface area contributed by atoms with E-state index in [9.17, 15) is 23.8 Å². The Labute approximate surface area is 184 Å². The van der Waals surface area contributed by atoms with Crippen LogP contribution in [0, 0.1) is 11.7 Å². The van der Waals surface area contributed by atoms with Gasteiger partial charge in [-0.3, -0.25) is 9.69 Å². The maximum atomic E-state index is 14.5. The molecule has 1 saturated carbocycles. The topological polar surface area (TPSA) is 82.0 Å². The van der Waals surface area contributed by atoms with Gasteiger partial charge in [-0.05, 0) is 35.7 Å². The monoisotopic (exact) mass is 444 g/mol. The van der Waals surface area contributed by atoms with Crippen LogP contribution in [0.15, 0.2) is 42.5 Å². The van der Waals surface area contributed by atoms with Crippen molar-refractivity contribution in [2.45, 2.75) is 43.2 Å². The number of fused-ring (bicyclic) bond motifs is 2. The Kier molecular flexibility index (Phi) is 5.39. The molecule has 2 fully saturated rings. The quantitative estimate of drug-likeness (QED) is 0.661. The maximum Gasteiger partial charge on any atom is 0.259 e. The Morgan fingerprint density at radius 1 is 1.28 bits per heavy atom. The van der Waals surface area contributed by atoms with Gasteiger partial charge in [-0.25, -0.2) is 8.78 Å². The first-order valence-electron chi connectivity index (χ1n) is 10.9. The number of likely N-dealkylation sites (tertiary alicyclic amines) is 1. The van der Waals surface area contributed by atoms with E-state index in [1.165, 1.54) is 6.07 Å². The van der Waals surface area contributed by atoms with Crippen molar-refractivity contribution in [3.05, 3.63) is 59.4 Å². The van der Waals surface area contributed by atoms with Gasteiger partial charge in [0.15, 0.2) is 6.17 Å². The van der Waals surface area contributed by atoms with E-state index < -0.39 is 29.6 Å². The van der Waals surface area contributed by atoms with Gasteiger partial charge in [0, 0.05) is 38.4 Å². The number of alkyl halides is 1. The second-order valence-corrected chi connectivity index (χ2v) is 9.20. The number of benzene rings is 2. The molecule has 1 unspecified atom stereocenters. The van der Waals surface area contributed by atoms with Crippen LogP contribution in [0.1, 0.15) is 30.1 Å². The molecule has 1 saturated heterocycles. The first-order chi connectivity index (χ1) is 15.3. The van der Waals surface area contributed by atoms with Gasteiger partial charge in [0.2, 0.25) is 0 Å². The lowest BCUT2D eigenvalue weighted by Crippen LogP contribution is -2.36. The first kappa shape index (κ1) is 21.3. The summed E-state index contributed by atoms with van der Waals surface area (Å²) in [6, 6.07) is 12.3. The molecule has 0 aromatic heterocycles. The van der Waals surface area contributed by atoms with Crippen molar-refractivity contribution < 1.29 is 28.5 Å². The summed E-state index contributed by atoms with van der Waals surface area (Å²) in [6.07, 6.45) is -1.75. The van der Waals surface area contributed by atoms with Crippen molar-refractivity contribution >= 4 is 11.6 Å². The highest BCUT2D eigenvalue weighted by Gasteiger charge is 2.52. The number of nitrogens with one attached hydrogen (secondary N) is 1. The molecule has 2 aromatic carbocycles. The zero-order valence-electron chi connectivity index (χ0n) is 17.5. The average Bonchev–Trinajstić information content (AvgIpc) is 3.20. The third-order valence-corrected chi connectivity index (χ3v) is 6.85. The van der Waals surface area contributed by atoms with E-state index in [0.29, 0.717) is 30.6 Å². The molecule has 2 heterocycles. The number of aliphatic hydroxyl groups is 2. The van der Waals surface area contributed by atoms with Crippen LogP contribution in [-0.2, 0) is 11.2 Å². The Morgan fingerprint density at radius 3 is 2.81 bits per heavy atom. The minimum absolute atomic E-state index is 0.0191. The minimum Gasteiger partial charge on any atom is -0.490 e. The van der Waals surface area contributed by atoms with Crippen molar-refractivity contribution in [2.24, 2.45) is 5.92 Å². The number of ether oxygens (including phenoxy) is 1. The summed E-state index contributed by atoms with van der Waals surface area (Å²) < 4.78 is 34.2. The number of β-amino-alcohol motifs (C(OH)–C–C–N with tert-alkyl or cyclic N) is 2. The summed E-state index contributed by atoms with van der Waals surface area (Å²) in [5, 5.41) is 24.1. The average molecular weight is 444 g/mol. The molecule has 0 spiro atoms. The number of nitrogens with zero attached hydrogens (tertiary/aromatic N) is 1. The number of carbonyl (C=O) groups is 1. The van der Waals surface area contributed by atoms with Crippen LogP contribution in [0.2, 0.25) is 0 Å². The molecule has 1 aliphatic carbocycles. The van der Waals surface area contributed by atoms with Gasteiger partial charge in [0.1, 0.15) is 17.7 Å². The number of carbonyl (C=O) groups excluding carboxylic acids is 1. The fraction of sp³-hybridized carbons (Fsp3) is 0.458. The highest BCUT2D eigenvalue weighted by atomic mass is 19.1. The zero-order valence-corrected chi connectivity index (χ0v) is 17.5. The molecule has 5 rings (SSSR count). The maximum absolute atomic E-state index is 14.5. The Morgan fingerprint density at radius 2 is 2.06 bits per heavy atom. The van der Waals surface area contributed by atoms with Crippen LogP contribution in [0.4, 0.5) is 14.5 Å². The lowest BCUT2D eigenvalue weighted by atomic mass is 9.95. The molecule has 8 heteroatoms. The van der Waals surface area contributed by atoms with Crippen LogP contribution >= 0.6 is 0 Å². The predicted octanol–water partition coefficient (Wildman–Crippen LogP) is 2.60. The van der Waals surface area contributed by atoms with Crippen molar-refractivity contribution in [1.29, 1.82) is 0 Å². The molecule has 0 bridgehead atoms. The van der Waals surface area contributed by atoms with E-state index in [1.807, 2.05) is 35.2 Å². The summed E-state index contributed by atoms with van der Waals surface area (Å²) in [5.74, 6) is -0.716. The van der Waals surface area contributed by atoms with Gasteiger partial charge in [0.05, 0.1) is 17.4 Å². The minimum atomic E-state index is -1.73. The van der Waals surface area contributed by atoms with Gasteiger partial charge in [0.25, 0.3) is 5.91 Å². The van der Waals surface area contributed by atoms with E-state index >= 15 is 0 Å². The molecule has 5 atom stereocenters. The molecular formula is C24H26F2N2O4. The number of aliphatic hydroxyl groups excluding tert-OH is 1. The normalized spacial score (nSPS) is 30.5. The van der Waals surface area contributed by atoms with Crippen molar-refractivity contribution in [3.8, 4) is 5.75 Å². The zero-order chi connectivity index (χ0) is 22.5. The fourth-order valence-electron chi connectivity index (χ4n) is 5.32. The number of amides is 1. The number of anilines is 1. The third-order valence-electron chi connectivity index (χ3n) is 6.85. The van der Waals surface area contributed by atoms with Crippen molar-refractivity contribution in [1.82, 2.24) is 4.90 Å². The number of para-hydroxylation sites is 1. The van der Waals surface area contributed by atoms with Gasteiger partial charge >= 0.3 is 0 Å². The van der Waals surface area contributed by atoms with Gasteiger partial charge in [-0.2, -0.15) is 0 Å². The van der Waals surface area contributed by atoms with E-state index in [4.69, 9.17) is 4.74 Å². The molecule has 32 heavy (non-hydrogen) atoms. The number of hydrogen-bond donors (Lipinski definition) is 3. The number of rotatable bonds is 5. The van der Waals surface area contributed by atoms with Crippen LogP contribution in [0.25, 0.3) is 0 Å². The highest BCUT2D eigenvalue weighted by Crippen LogP contribution is 2.43. The molecule has 2 aliphatic heterocycles. The Hall–Kier alpha value is -2.55.